The van der Waals surface area contributed by atoms with Crippen LogP contribution in [0.1, 0.15) is 30.7 Å². The molecule has 2 N–H and O–H groups in total. The van der Waals surface area contributed by atoms with E-state index < -0.39 is 0 Å². The molecular weight excluding hydrogens is 336 g/mol. The Kier molecular flexibility index (Phi) is 4.01. The summed E-state index contributed by atoms with van der Waals surface area (Å²) in [5.41, 5.74) is 7.57. The van der Waals surface area contributed by atoms with Crippen molar-refractivity contribution >= 4 is 22.9 Å². The van der Waals surface area contributed by atoms with Crippen LogP contribution in [0.2, 0.25) is 0 Å². The van der Waals surface area contributed by atoms with Gasteiger partial charge in [-0.05, 0) is 36.4 Å². The Labute approximate surface area is 149 Å². The molecule has 0 spiro atoms. The Bertz CT molecular complexity index is 890. The monoisotopic (exact) mass is 354 g/mol. The van der Waals surface area contributed by atoms with Crippen molar-refractivity contribution in [2.75, 3.05) is 4.90 Å². The minimum absolute atomic E-state index is 0.143. The van der Waals surface area contributed by atoms with Crippen LogP contribution in [-0.4, -0.2) is 22.1 Å². The summed E-state index contributed by atoms with van der Waals surface area (Å²) in [6.07, 6.45) is 0.679. The number of para-hydroxylation sites is 1. The molecule has 2 atom stereocenters. The Hall–Kier alpha value is -2.67. The minimum atomic E-state index is -0.281. The summed E-state index contributed by atoms with van der Waals surface area (Å²) in [6, 6.07) is 12.0. The number of amides is 1. The van der Waals surface area contributed by atoms with E-state index in [1.54, 1.807) is 11.3 Å². The molecule has 0 bridgehead atoms. The number of thiophene rings is 1. The summed E-state index contributed by atoms with van der Waals surface area (Å²) in [5.74, 6) is 0.629. The van der Waals surface area contributed by atoms with Crippen LogP contribution in [0.5, 0.6) is 0 Å². The fourth-order valence-corrected chi connectivity index (χ4v) is 4.01. The molecular formula is C18H18N4O2S. The molecule has 25 heavy (non-hydrogen) atoms. The van der Waals surface area contributed by atoms with Crippen LogP contribution in [0.25, 0.3) is 10.7 Å². The first kappa shape index (κ1) is 15.8. The van der Waals surface area contributed by atoms with Gasteiger partial charge in [0.25, 0.3) is 0 Å². The van der Waals surface area contributed by atoms with Gasteiger partial charge in [-0.3, -0.25) is 4.79 Å². The van der Waals surface area contributed by atoms with Crippen LogP contribution in [0.3, 0.4) is 0 Å². The van der Waals surface area contributed by atoms with Gasteiger partial charge in [0.1, 0.15) is 0 Å². The molecule has 0 saturated heterocycles. The molecule has 2 aromatic heterocycles. The van der Waals surface area contributed by atoms with Crippen molar-refractivity contribution in [1.29, 1.82) is 0 Å². The highest BCUT2D eigenvalue weighted by molar-refractivity contribution is 7.13. The fourth-order valence-electron chi connectivity index (χ4n) is 3.36. The van der Waals surface area contributed by atoms with E-state index in [1.165, 1.54) is 0 Å². The number of aromatic nitrogens is 2. The maximum absolute atomic E-state index is 11.8. The Morgan fingerprint density at radius 1 is 1.36 bits per heavy atom. The van der Waals surface area contributed by atoms with Crippen molar-refractivity contribution < 1.29 is 9.32 Å². The zero-order valence-electron chi connectivity index (χ0n) is 13.8. The van der Waals surface area contributed by atoms with Gasteiger partial charge in [0, 0.05) is 11.7 Å². The number of benzene rings is 1. The van der Waals surface area contributed by atoms with E-state index in [0.717, 1.165) is 16.1 Å². The maximum Gasteiger partial charge on any atom is 0.246 e. The Morgan fingerprint density at radius 3 is 2.96 bits per heavy atom. The molecule has 1 aliphatic heterocycles. The molecule has 3 aromatic rings. The number of carbonyl (C=O) groups is 1. The highest BCUT2D eigenvalue weighted by atomic mass is 32.1. The van der Waals surface area contributed by atoms with Crippen molar-refractivity contribution in [2.24, 2.45) is 5.73 Å². The molecule has 1 aliphatic rings. The van der Waals surface area contributed by atoms with Crippen molar-refractivity contribution in [3.63, 3.8) is 0 Å². The zero-order chi connectivity index (χ0) is 17.4. The molecule has 1 aromatic carbocycles. The molecule has 0 aliphatic carbocycles. The summed E-state index contributed by atoms with van der Waals surface area (Å²) in [6.45, 7) is 2.59. The fraction of sp³-hybridized carbons (Fsp3) is 0.278. The molecule has 0 radical (unpaired) electrons. The number of hydrogen-bond acceptors (Lipinski definition) is 6. The van der Waals surface area contributed by atoms with Crippen LogP contribution in [-0.2, 0) is 11.3 Å². The van der Waals surface area contributed by atoms with Gasteiger partial charge in [-0.25, -0.2) is 0 Å². The second-order valence-corrected chi connectivity index (χ2v) is 7.16. The van der Waals surface area contributed by atoms with Crippen molar-refractivity contribution in [3.05, 3.63) is 53.2 Å². The van der Waals surface area contributed by atoms with Gasteiger partial charge in [-0.15, -0.1) is 11.3 Å². The second kappa shape index (κ2) is 6.33. The van der Waals surface area contributed by atoms with Crippen LogP contribution >= 0.6 is 11.3 Å². The number of nitrogens with two attached hydrogens (primary N) is 1. The van der Waals surface area contributed by atoms with E-state index in [-0.39, 0.29) is 17.9 Å². The SMILES string of the molecule is C[C@H]1C[C@@H](C(N)=O)c2ccccc2N1Cc1nc(-c2cccs2)no1. The third kappa shape index (κ3) is 2.91. The van der Waals surface area contributed by atoms with Crippen molar-refractivity contribution in [2.45, 2.75) is 31.8 Å². The highest BCUT2D eigenvalue weighted by Crippen LogP contribution is 2.39. The van der Waals surface area contributed by atoms with E-state index in [9.17, 15) is 4.79 Å². The van der Waals surface area contributed by atoms with Crippen LogP contribution in [0, 0.1) is 0 Å². The lowest BCUT2D eigenvalue weighted by Crippen LogP contribution is -2.41. The molecule has 0 fully saturated rings. The standard InChI is InChI=1S/C18H18N4O2S/c1-11-9-13(17(19)23)12-5-2-3-6-14(12)22(11)10-16-20-18(21-24-16)15-7-4-8-25-15/h2-8,11,13H,9-10H2,1H3,(H2,19,23)/t11-,13+/m0/s1. The van der Waals surface area contributed by atoms with Crippen LogP contribution in [0.4, 0.5) is 5.69 Å². The molecule has 128 valence electrons. The van der Waals surface area contributed by atoms with Gasteiger partial charge in [-0.2, -0.15) is 4.98 Å². The lowest BCUT2D eigenvalue weighted by atomic mass is 9.85. The summed E-state index contributed by atoms with van der Waals surface area (Å²) in [4.78, 5) is 19.5. The Balaban J connectivity index is 1.64. The van der Waals surface area contributed by atoms with Gasteiger partial charge in [-0.1, -0.05) is 29.4 Å². The predicted molar refractivity (Wildman–Crippen MR) is 96.3 cm³/mol. The third-order valence-corrected chi connectivity index (χ3v) is 5.45. The summed E-state index contributed by atoms with van der Waals surface area (Å²) >= 11 is 1.58. The zero-order valence-corrected chi connectivity index (χ0v) is 14.6. The smallest absolute Gasteiger partial charge is 0.246 e. The van der Waals surface area contributed by atoms with Crippen LogP contribution in [0.15, 0.2) is 46.3 Å². The largest absolute Gasteiger partial charge is 0.369 e. The number of hydrogen-bond donors (Lipinski definition) is 1. The first-order chi connectivity index (χ1) is 12.1. The molecule has 0 unspecified atom stereocenters. The van der Waals surface area contributed by atoms with Crippen molar-refractivity contribution in [3.8, 4) is 10.7 Å². The lowest BCUT2D eigenvalue weighted by Gasteiger charge is -2.39. The maximum atomic E-state index is 11.8. The average molecular weight is 354 g/mol. The number of carbonyl (C=O) groups excluding carboxylic acids is 1. The topological polar surface area (TPSA) is 85.3 Å². The summed E-state index contributed by atoms with van der Waals surface area (Å²) in [7, 11) is 0. The highest BCUT2D eigenvalue weighted by Gasteiger charge is 2.33. The third-order valence-electron chi connectivity index (χ3n) is 4.59. The predicted octanol–water partition coefficient (Wildman–Crippen LogP) is 3.17. The van der Waals surface area contributed by atoms with Crippen LogP contribution < -0.4 is 10.6 Å². The summed E-state index contributed by atoms with van der Waals surface area (Å²) < 4.78 is 5.44. The van der Waals surface area contributed by atoms with E-state index in [4.69, 9.17) is 10.3 Å². The molecule has 7 heteroatoms. The number of rotatable bonds is 4. The number of nitrogens with zero attached hydrogens (tertiary/aromatic N) is 3. The van der Waals surface area contributed by atoms with E-state index in [1.807, 2.05) is 41.8 Å². The summed E-state index contributed by atoms with van der Waals surface area (Å²) in [5, 5.41) is 6.06. The molecule has 6 nitrogen and oxygen atoms in total. The second-order valence-electron chi connectivity index (χ2n) is 6.22. The molecule has 4 rings (SSSR count). The number of fused-ring (bicyclic) bond motifs is 1. The van der Waals surface area contributed by atoms with Crippen molar-refractivity contribution in [1.82, 2.24) is 10.1 Å². The van der Waals surface area contributed by atoms with E-state index in [0.29, 0.717) is 24.7 Å². The van der Waals surface area contributed by atoms with Gasteiger partial charge >= 0.3 is 0 Å². The van der Waals surface area contributed by atoms with Gasteiger partial charge in [0.05, 0.1) is 17.3 Å². The average Bonchev–Trinajstić information content (AvgIpc) is 3.28. The number of primary amides is 1. The molecule has 3 heterocycles. The lowest BCUT2D eigenvalue weighted by molar-refractivity contribution is -0.119. The van der Waals surface area contributed by atoms with E-state index >= 15 is 0 Å². The van der Waals surface area contributed by atoms with Gasteiger partial charge in [0.2, 0.25) is 17.6 Å². The van der Waals surface area contributed by atoms with Gasteiger partial charge in [0.15, 0.2) is 0 Å². The number of anilines is 1. The quantitative estimate of drug-likeness (QED) is 0.778. The molecule has 0 saturated carbocycles. The Morgan fingerprint density at radius 2 is 2.20 bits per heavy atom. The minimum Gasteiger partial charge on any atom is -0.369 e. The first-order valence-corrected chi connectivity index (χ1v) is 9.03. The normalized spacial score (nSPS) is 19.6. The molecule has 1 amide bonds. The van der Waals surface area contributed by atoms with Gasteiger partial charge < -0.3 is 15.2 Å². The first-order valence-electron chi connectivity index (χ1n) is 8.15. The van der Waals surface area contributed by atoms with E-state index in [2.05, 4.69) is 22.0 Å².